The fraction of sp³-hybridized carbons (Fsp3) is 0.580. The molecule has 5 aliphatic heterocycles. The number of carbonyl (C=O) groups is 5. The van der Waals surface area contributed by atoms with E-state index in [0.717, 1.165) is 144 Å². The molecule has 6 atom stereocenters. The molecule has 0 saturated carbocycles. The van der Waals surface area contributed by atoms with Gasteiger partial charge in [0.15, 0.2) is 0 Å². The number of sulfone groups is 1. The van der Waals surface area contributed by atoms with Gasteiger partial charge in [-0.1, -0.05) is 94.3 Å². The summed E-state index contributed by atoms with van der Waals surface area (Å²) < 4.78 is 73.6. The molecular weight excluding hydrogens is 1410 g/mol. The standard InChI is InChI=1S/C81H108ClF3N10O9S2/c1-8-64(27-33-90-42-44-104-45-43-90)89-70-25-12-57(46-72(70)106(102,103)81(83,84)85)50-86-75(99)61-19-23-65(24-20-61)93-40-38-91(39-41-93)51-62-49-79(7,28-26-68(62)59-17-21-63(82)22-18-59)53-92-34-29-80(30-35-92)31-36-94(37-32-80)73(98)11-9-10-66(96)47-69(78(4,5)6)77(101)95-52-67(97)48-71(95)76(100)88-55(2)58-13-15-60(16-14-58)74-56(3)87-54-105-74/h12-25,46,54-55,64,67,69,71,89,97H,8-11,26-45,47-53H2,1-7H3,(H,86,99)(H,88,100)/t55-,64-,67+,69+,71-,79?/m0/s1. The third-order valence-electron chi connectivity index (χ3n) is 23.3. The van der Waals surface area contributed by atoms with Crippen LogP contribution in [0.4, 0.5) is 24.5 Å². The maximum Gasteiger partial charge on any atom is 0.501 e. The van der Waals surface area contributed by atoms with Gasteiger partial charge in [-0.3, -0.25) is 33.8 Å². The highest BCUT2D eigenvalue weighted by atomic mass is 35.5. The van der Waals surface area contributed by atoms with Crippen molar-refractivity contribution in [3.05, 3.63) is 135 Å². The molecule has 6 heterocycles. The number of allylic oxidation sites excluding steroid dienone is 1. The molecule has 25 heteroatoms. The van der Waals surface area contributed by atoms with Gasteiger partial charge in [-0.2, -0.15) is 13.2 Å². The number of aliphatic hydroxyl groups excluding tert-OH is 1. The van der Waals surface area contributed by atoms with Crippen molar-refractivity contribution in [2.24, 2.45) is 22.2 Å². The average molecular weight is 1520 g/mol. The quantitative estimate of drug-likeness (QED) is 0.0384. The van der Waals surface area contributed by atoms with Crippen LogP contribution in [0.2, 0.25) is 5.02 Å². The summed E-state index contributed by atoms with van der Waals surface area (Å²) in [6.45, 7) is 25.8. The first-order valence-corrected chi connectivity index (χ1v) is 40.8. The Labute approximate surface area is 633 Å². The highest BCUT2D eigenvalue weighted by molar-refractivity contribution is 7.92. The summed E-state index contributed by atoms with van der Waals surface area (Å²) in [5, 5.41) is 20.5. The predicted molar refractivity (Wildman–Crippen MR) is 411 cm³/mol. The van der Waals surface area contributed by atoms with Crippen LogP contribution in [-0.2, 0) is 40.3 Å². The number of carbonyl (C=O) groups excluding carboxylic acids is 5. The zero-order valence-corrected chi connectivity index (χ0v) is 65.1. The highest BCUT2D eigenvalue weighted by Gasteiger charge is 2.49. The van der Waals surface area contributed by atoms with Gasteiger partial charge in [0.25, 0.3) is 15.7 Å². The van der Waals surface area contributed by atoms with Crippen molar-refractivity contribution in [1.29, 1.82) is 0 Å². The van der Waals surface area contributed by atoms with Crippen LogP contribution in [0, 0.1) is 29.1 Å². The van der Waals surface area contributed by atoms with Gasteiger partial charge in [0.2, 0.25) is 17.7 Å². The summed E-state index contributed by atoms with van der Waals surface area (Å²) in [6.07, 6.45) is 8.35. The van der Waals surface area contributed by atoms with Crippen LogP contribution in [0.3, 0.4) is 0 Å². The van der Waals surface area contributed by atoms with E-state index in [2.05, 4.69) is 59.6 Å². The monoisotopic (exact) mass is 1520 g/mol. The number of nitrogens with zero attached hydrogens (tertiary/aromatic N) is 7. The van der Waals surface area contributed by atoms with E-state index in [-0.39, 0.29) is 96.4 Å². The van der Waals surface area contributed by atoms with Crippen molar-refractivity contribution in [3.63, 3.8) is 0 Å². The van der Waals surface area contributed by atoms with Gasteiger partial charge >= 0.3 is 5.51 Å². The Hall–Kier alpha value is -6.77. The number of nitrogens with one attached hydrogen (secondary N) is 3. The lowest BCUT2D eigenvalue weighted by Gasteiger charge is -2.49. The second-order valence-electron chi connectivity index (χ2n) is 32.0. The molecule has 4 amide bonds. The molecule has 5 fully saturated rings. The van der Waals surface area contributed by atoms with Gasteiger partial charge in [0, 0.05) is 139 Å². The minimum Gasteiger partial charge on any atom is -0.391 e. The lowest BCUT2D eigenvalue weighted by Crippen LogP contribution is -2.50. The number of amides is 4. The molecular formula is C81H108ClF3N10O9S2. The SMILES string of the molecule is CC[C@@H](CCN1CCOCC1)Nc1ccc(CNC(=O)c2ccc(N3CCN(CC4=C(c5ccc(Cl)cc5)CCC(C)(CN5CCC6(CC5)CCN(C(=O)CCCC(=O)C[C@H](C(=O)N5C[C@H](O)C[C@H]5C(=O)N[C@@H](C)c5ccc(-c7scnc7C)cc5)C(C)(C)C)CC6)C4)CC3)cc2)cc1S(=O)(=O)C(F)(F)F. The molecule has 1 spiro atoms. The molecule has 1 aliphatic carbocycles. The molecule has 11 rings (SSSR count). The minimum absolute atomic E-state index is 0.0110. The van der Waals surface area contributed by atoms with Crippen molar-refractivity contribution < 1.29 is 55.4 Å². The van der Waals surface area contributed by atoms with Gasteiger partial charge < -0.3 is 45.4 Å². The number of aliphatic hydroxyl groups is 1. The summed E-state index contributed by atoms with van der Waals surface area (Å²) in [5.41, 5.74) is 4.37. The van der Waals surface area contributed by atoms with Crippen LogP contribution in [0.25, 0.3) is 16.0 Å². The molecule has 1 aromatic heterocycles. The molecule has 5 saturated heterocycles. The number of hydrogen-bond donors (Lipinski definition) is 4. The second kappa shape index (κ2) is 34.9. The highest BCUT2D eigenvalue weighted by Crippen LogP contribution is 2.47. The number of aromatic nitrogens is 1. The van der Waals surface area contributed by atoms with Crippen LogP contribution in [0.15, 0.2) is 107 Å². The van der Waals surface area contributed by atoms with E-state index in [4.69, 9.17) is 16.3 Å². The smallest absolute Gasteiger partial charge is 0.391 e. The second-order valence-corrected chi connectivity index (χ2v) is 35.2. The Kier molecular flexibility index (Phi) is 26.4. The largest absolute Gasteiger partial charge is 0.501 e. The minimum atomic E-state index is -5.73. The number of benzene rings is 4. The number of β-amino-alcohol motifs (C(OH)–C–C–N with tert-alkyl or cyclic N) is 1. The fourth-order valence-corrected chi connectivity index (χ4v) is 18.5. The van der Waals surface area contributed by atoms with Gasteiger partial charge in [-0.25, -0.2) is 13.4 Å². The van der Waals surface area contributed by atoms with E-state index in [1.807, 2.05) is 100 Å². The van der Waals surface area contributed by atoms with Crippen LogP contribution in [0.5, 0.6) is 0 Å². The third kappa shape index (κ3) is 20.2. The zero-order chi connectivity index (χ0) is 75.7. The van der Waals surface area contributed by atoms with Crippen molar-refractivity contribution in [2.75, 3.05) is 115 Å². The van der Waals surface area contributed by atoms with Crippen LogP contribution in [0.1, 0.15) is 170 Å². The normalized spacial score (nSPS) is 21.8. The van der Waals surface area contributed by atoms with E-state index >= 15 is 0 Å². The van der Waals surface area contributed by atoms with Gasteiger partial charge in [-0.15, -0.1) is 11.3 Å². The van der Waals surface area contributed by atoms with Crippen molar-refractivity contribution in [1.82, 2.24) is 40.1 Å². The van der Waals surface area contributed by atoms with Crippen LogP contribution >= 0.6 is 22.9 Å². The number of ketones is 1. The Morgan fingerprint density at radius 2 is 1.48 bits per heavy atom. The van der Waals surface area contributed by atoms with E-state index in [9.17, 15) is 50.7 Å². The third-order valence-corrected chi connectivity index (χ3v) is 26.1. The topological polar surface area (TPSA) is 217 Å². The number of halogens is 4. The van der Waals surface area contributed by atoms with Crippen molar-refractivity contribution >= 4 is 79.1 Å². The molecule has 6 aliphatic rings. The number of likely N-dealkylation sites (tertiary alicyclic amines) is 3. The van der Waals surface area contributed by atoms with Crippen molar-refractivity contribution in [2.45, 2.75) is 180 Å². The number of thiazole rings is 1. The predicted octanol–water partition coefficient (Wildman–Crippen LogP) is 13.0. The number of anilines is 2. The zero-order valence-electron chi connectivity index (χ0n) is 62.7. The van der Waals surface area contributed by atoms with E-state index < -0.39 is 49.6 Å². The molecule has 576 valence electrons. The number of aryl methyl sites for hydroxylation is 1. The number of morpholine rings is 1. The van der Waals surface area contributed by atoms with E-state index in [1.54, 1.807) is 23.5 Å². The molecule has 4 N–H and O–H groups in total. The molecule has 5 aromatic rings. The van der Waals surface area contributed by atoms with Gasteiger partial charge in [-0.05, 0) is 184 Å². The Bertz CT molecular complexity index is 4010. The number of Topliss-reactive ketones (excluding diaryl/α,β-unsaturated/α-hetero) is 1. The van der Waals surface area contributed by atoms with Crippen LogP contribution in [-0.4, -0.2) is 201 Å². The Balaban J connectivity index is 0.616. The van der Waals surface area contributed by atoms with Crippen LogP contribution < -0.4 is 20.9 Å². The molecule has 0 bridgehead atoms. The summed E-state index contributed by atoms with van der Waals surface area (Å²) >= 11 is 8.00. The van der Waals surface area contributed by atoms with Gasteiger partial charge in [0.05, 0.1) is 52.0 Å². The average Bonchev–Trinajstić information content (AvgIpc) is 0.974. The van der Waals surface area contributed by atoms with Gasteiger partial charge in [0.1, 0.15) is 11.8 Å². The molecule has 4 aromatic carbocycles. The molecule has 19 nitrogen and oxygen atoms in total. The maximum atomic E-state index is 14.4. The first-order chi connectivity index (χ1) is 50.5. The number of hydrogen-bond acceptors (Lipinski definition) is 16. The lowest BCUT2D eigenvalue weighted by molar-refractivity contribution is -0.146. The summed E-state index contributed by atoms with van der Waals surface area (Å²) in [7, 11) is -5.73. The number of rotatable bonds is 27. The summed E-state index contributed by atoms with van der Waals surface area (Å²) in [5.74, 6) is -1.86. The molecule has 106 heavy (non-hydrogen) atoms. The first-order valence-electron chi connectivity index (χ1n) is 38.1. The fourth-order valence-electron chi connectivity index (χ4n) is 16.6. The number of ether oxygens (including phenoxy) is 1. The Morgan fingerprint density at radius 3 is 2.12 bits per heavy atom. The molecule has 0 radical (unpaired) electrons. The van der Waals surface area contributed by atoms with Crippen molar-refractivity contribution in [3.8, 4) is 10.4 Å². The van der Waals surface area contributed by atoms with E-state index in [1.165, 1.54) is 33.7 Å². The number of alkyl halides is 3. The summed E-state index contributed by atoms with van der Waals surface area (Å²) in [4.78, 5) is 87.1. The molecule has 1 unspecified atom stereocenters. The lowest BCUT2D eigenvalue weighted by atomic mass is 9.69. The number of piperazine rings is 1. The summed E-state index contributed by atoms with van der Waals surface area (Å²) in [6, 6.07) is 25.9. The maximum absolute atomic E-state index is 14.4. The van der Waals surface area contributed by atoms with E-state index in [0.29, 0.717) is 62.7 Å². The number of piperidine rings is 2. The Morgan fingerprint density at radius 1 is 0.811 bits per heavy atom. The first kappa shape index (κ1) is 80.3.